The highest BCUT2D eigenvalue weighted by molar-refractivity contribution is 5.86. The first-order valence-electron chi connectivity index (χ1n) is 13.6. The summed E-state index contributed by atoms with van der Waals surface area (Å²) in [6.45, 7) is 2.71. The van der Waals surface area contributed by atoms with Gasteiger partial charge >= 0.3 is 5.97 Å². The summed E-state index contributed by atoms with van der Waals surface area (Å²) in [5.74, 6) is 3.18. The third-order valence-electron chi connectivity index (χ3n) is 8.47. The van der Waals surface area contributed by atoms with Crippen molar-refractivity contribution < 1.29 is 14.3 Å². The molecular weight excluding hydrogens is 460 g/mol. The molecule has 4 aliphatic rings. The molecular formula is C32H34N2O3. The van der Waals surface area contributed by atoms with E-state index in [1.54, 1.807) is 25.4 Å². The average Bonchev–Trinajstić information content (AvgIpc) is 2.91. The number of carbonyl (C=O) groups excluding carboxylic acids is 1. The van der Waals surface area contributed by atoms with Gasteiger partial charge in [0.1, 0.15) is 12.4 Å². The zero-order valence-electron chi connectivity index (χ0n) is 21.4. The fourth-order valence-corrected chi connectivity index (χ4v) is 7.32. The molecule has 0 saturated heterocycles. The van der Waals surface area contributed by atoms with E-state index in [0.717, 1.165) is 34.8 Å². The maximum Gasteiger partial charge on any atom is 0.330 e. The Kier molecular flexibility index (Phi) is 6.54. The Morgan fingerprint density at radius 1 is 0.973 bits per heavy atom. The zero-order valence-corrected chi connectivity index (χ0v) is 21.4. The van der Waals surface area contributed by atoms with Crippen molar-refractivity contribution in [1.82, 2.24) is 9.97 Å². The topological polar surface area (TPSA) is 61.3 Å². The van der Waals surface area contributed by atoms with Crippen molar-refractivity contribution in [1.29, 1.82) is 0 Å². The minimum atomic E-state index is -0.375. The van der Waals surface area contributed by atoms with E-state index < -0.39 is 0 Å². The molecule has 1 heterocycles. The average molecular weight is 495 g/mol. The van der Waals surface area contributed by atoms with Gasteiger partial charge < -0.3 is 9.47 Å². The van der Waals surface area contributed by atoms with E-state index in [9.17, 15) is 4.79 Å². The largest absolute Gasteiger partial charge is 0.489 e. The van der Waals surface area contributed by atoms with E-state index in [1.165, 1.54) is 55.7 Å². The standard InChI is InChI=1S/C32H34N2O3/c1-2-36-31(35)11-9-27-19-34-29(20-33-27)26-8-10-30(37-21-22-6-4-3-5-7-22)28(15-26)32-16-23-12-24(17-32)14-25(13-23)18-32/h3-11,15,19-20,23-25H,2,12-14,16-18,21H2,1H3. The Hall–Kier alpha value is -3.47. The number of rotatable bonds is 8. The van der Waals surface area contributed by atoms with Crippen molar-refractivity contribution in [3.05, 3.63) is 83.8 Å². The van der Waals surface area contributed by atoms with Gasteiger partial charge in [-0.2, -0.15) is 0 Å². The molecule has 0 unspecified atom stereocenters. The summed E-state index contributed by atoms with van der Waals surface area (Å²) in [4.78, 5) is 20.8. The van der Waals surface area contributed by atoms with Crippen LogP contribution in [0.5, 0.6) is 5.75 Å². The monoisotopic (exact) mass is 494 g/mol. The first-order chi connectivity index (χ1) is 18.1. The molecule has 5 nitrogen and oxygen atoms in total. The van der Waals surface area contributed by atoms with Crippen LogP contribution in [0.2, 0.25) is 0 Å². The molecule has 4 fully saturated rings. The van der Waals surface area contributed by atoms with Crippen molar-refractivity contribution in [2.75, 3.05) is 6.61 Å². The molecule has 0 aliphatic heterocycles. The summed E-state index contributed by atoms with van der Waals surface area (Å²) in [5.41, 5.74) is 5.25. The molecule has 4 aliphatic carbocycles. The van der Waals surface area contributed by atoms with Crippen molar-refractivity contribution >= 4 is 12.0 Å². The zero-order chi connectivity index (χ0) is 25.2. The first kappa shape index (κ1) is 23.9. The predicted octanol–water partition coefficient (Wildman–Crippen LogP) is 6.77. The third kappa shape index (κ3) is 5.04. The lowest BCUT2D eigenvalue weighted by Gasteiger charge is -2.57. The normalized spacial score (nSPS) is 25.9. The van der Waals surface area contributed by atoms with Gasteiger partial charge in [0.05, 0.1) is 30.4 Å². The number of aromatic nitrogens is 2. The van der Waals surface area contributed by atoms with Crippen LogP contribution < -0.4 is 4.74 Å². The lowest BCUT2D eigenvalue weighted by atomic mass is 9.48. The van der Waals surface area contributed by atoms with Crippen molar-refractivity contribution in [2.45, 2.75) is 57.5 Å². The molecule has 7 rings (SSSR count). The van der Waals surface area contributed by atoms with Crippen molar-refractivity contribution in [3.8, 4) is 17.0 Å². The summed E-state index contributed by atoms with van der Waals surface area (Å²) in [7, 11) is 0. The van der Waals surface area contributed by atoms with Crippen LogP contribution in [-0.4, -0.2) is 22.5 Å². The Labute approximate surface area is 219 Å². The van der Waals surface area contributed by atoms with Crippen LogP contribution in [0.25, 0.3) is 17.3 Å². The maximum absolute atomic E-state index is 11.6. The molecule has 0 atom stereocenters. The van der Waals surface area contributed by atoms with Crippen LogP contribution in [0.1, 0.15) is 62.3 Å². The number of hydrogen-bond acceptors (Lipinski definition) is 5. The summed E-state index contributed by atoms with van der Waals surface area (Å²) in [6.07, 6.45) is 14.5. The van der Waals surface area contributed by atoms with Crippen molar-refractivity contribution in [3.63, 3.8) is 0 Å². The molecule has 37 heavy (non-hydrogen) atoms. The van der Waals surface area contributed by atoms with E-state index in [0.29, 0.717) is 18.9 Å². The smallest absolute Gasteiger partial charge is 0.330 e. The fourth-order valence-electron chi connectivity index (χ4n) is 7.32. The van der Waals surface area contributed by atoms with Crippen LogP contribution in [0.15, 0.2) is 67.0 Å². The summed E-state index contributed by atoms with van der Waals surface area (Å²) < 4.78 is 11.5. The maximum atomic E-state index is 11.6. The second-order valence-electron chi connectivity index (χ2n) is 11.1. The van der Waals surface area contributed by atoms with E-state index in [4.69, 9.17) is 9.47 Å². The summed E-state index contributed by atoms with van der Waals surface area (Å²) >= 11 is 0. The Balaban J connectivity index is 1.31. The summed E-state index contributed by atoms with van der Waals surface area (Å²) in [5, 5.41) is 0. The number of nitrogens with zero attached hydrogens (tertiary/aromatic N) is 2. The van der Waals surface area contributed by atoms with Gasteiger partial charge in [0.2, 0.25) is 0 Å². The lowest BCUT2D eigenvalue weighted by Crippen LogP contribution is -2.48. The van der Waals surface area contributed by atoms with Gasteiger partial charge in [-0.05, 0) is 98.5 Å². The molecule has 4 saturated carbocycles. The highest BCUT2D eigenvalue weighted by Gasteiger charge is 2.52. The first-order valence-corrected chi connectivity index (χ1v) is 13.6. The molecule has 1 aromatic heterocycles. The van der Waals surface area contributed by atoms with Gasteiger partial charge in [-0.25, -0.2) is 4.79 Å². The number of carbonyl (C=O) groups is 1. The molecule has 5 heteroatoms. The van der Waals surface area contributed by atoms with Crippen LogP contribution in [0.3, 0.4) is 0 Å². The second-order valence-corrected chi connectivity index (χ2v) is 11.1. The third-order valence-corrected chi connectivity index (χ3v) is 8.47. The molecule has 4 bridgehead atoms. The molecule has 190 valence electrons. The predicted molar refractivity (Wildman–Crippen MR) is 144 cm³/mol. The highest BCUT2D eigenvalue weighted by atomic mass is 16.5. The Morgan fingerprint density at radius 3 is 2.35 bits per heavy atom. The van der Waals surface area contributed by atoms with Crippen LogP contribution in [0, 0.1) is 17.8 Å². The number of hydrogen-bond donors (Lipinski definition) is 0. The minimum absolute atomic E-state index is 0.201. The molecule has 0 radical (unpaired) electrons. The van der Waals surface area contributed by atoms with E-state index in [2.05, 4.69) is 52.4 Å². The van der Waals surface area contributed by atoms with Gasteiger partial charge in [0, 0.05) is 17.2 Å². The van der Waals surface area contributed by atoms with Gasteiger partial charge in [-0.15, -0.1) is 0 Å². The fraction of sp³-hybridized carbons (Fsp3) is 0.406. The lowest BCUT2D eigenvalue weighted by molar-refractivity contribution is -0.137. The number of ether oxygens (including phenoxy) is 2. The quantitative estimate of drug-likeness (QED) is 0.256. The van der Waals surface area contributed by atoms with E-state index in [1.807, 2.05) is 6.07 Å². The number of esters is 1. The summed E-state index contributed by atoms with van der Waals surface area (Å²) in [6, 6.07) is 17.0. The van der Waals surface area contributed by atoms with Gasteiger partial charge in [-0.1, -0.05) is 30.3 Å². The van der Waals surface area contributed by atoms with Gasteiger partial charge in [-0.3, -0.25) is 9.97 Å². The van der Waals surface area contributed by atoms with Crippen LogP contribution in [0.4, 0.5) is 0 Å². The van der Waals surface area contributed by atoms with Gasteiger partial charge in [0.25, 0.3) is 0 Å². The van der Waals surface area contributed by atoms with E-state index >= 15 is 0 Å². The molecule has 2 aromatic carbocycles. The molecule has 3 aromatic rings. The molecule has 0 amide bonds. The second kappa shape index (κ2) is 10.1. The minimum Gasteiger partial charge on any atom is -0.489 e. The van der Waals surface area contributed by atoms with Gasteiger partial charge in [0.15, 0.2) is 0 Å². The van der Waals surface area contributed by atoms with E-state index in [-0.39, 0.29) is 11.4 Å². The van der Waals surface area contributed by atoms with Crippen LogP contribution >= 0.6 is 0 Å². The molecule has 0 spiro atoms. The Bertz CT molecular complexity index is 1250. The SMILES string of the molecule is CCOC(=O)C=Cc1cnc(-c2ccc(OCc3ccccc3)c(C34CC5CC(CC(C5)C3)C4)c2)cn1. The molecule has 0 N–H and O–H groups in total. The van der Waals surface area contributed by atoms with Crippen LogP contribution in [-0.2, 0) is 21.6 Å². The number of benzene rings is 2. The Morgan fingerprint density at radius 2 is 1.70 bits per heavy atom. The van der Waals surface area contributed by atoms with Crippen molar-refractivity contribution in [2.24, 2.45) is 17.8 Å². The highest BCUT2D eigenvalue weighted by Crippen LogP contribution is 2.62.